The zero-order valence-corrected chi connectivity index (χ0v) is 40.2. The lowest BCUT2D eigenvalue weighted by molar-refractivity contribution is 0.119. The predicted molar refractivity (Wildman–Crippen MR) is 245 cm³/mol. The normalized spacial score (nSPS) is 11.6. The Kier molecular flexibility index (Phi) is 19.7. The maximum Gasteiger partial charge on any atom is 0.414 e. The molecule has 0 heterocycles. The lowest BCUT2D eigenvalue weighted by Crippen LogP contribution is -2.42. The third kappa shape index (κ3) is 21.4. The van der Waals surface area contributed by atoms with Crippen LogP contribution in [0.4, 0.5) is 9.59 Å². The van der Waals surface area contributed by atoms with Gasteiger partial charge in [-0.15, -0.1) is 0 Å². The summed E-state index contributed by atoms with van der Waals surface area (Å²) in [5.74, 6) is 0.932. The molecule has 4 rings (SSSR count). The van der Waals surface area contributed by atoms with E-state index in [0.717, 1.165) is 11.1 Å². The number of benzene rings is 4. The summed E-state index contributed by atoms with van der Waals surface area (Å²) in [6.07, 6.45) is 1.12. The molecule has 11 heteroatoms. The Labute approximate surface area is 347 Å². The highest BCUT2D eigenvalue weighted by molar-refractivity contribution is 6.84. The molecular formula is C46H70N2O6Si3. The summed E-state index contributed by atoms with van der Waals surface area (Å²) >= 11 is 0. The van der Waals surface area contributed by atoms with Crippen LogP contribution in [-0.4, -0.2) is 49.4 Å². The van der Waals surface area contributed by atoms with Crippen LogP contribution in [0, 0.1) is 27.7 Å². The predicted octanol–water partition coefficient (Wildman–Crippen LogP) is 12.2. The topological polar surface area (TPSA) is 95.1 Å². The molecule has 312 valence electrons. The van der Waals surface area contributed by atoms with Gasteiger partial charge in [-0.05, 0) is 165 Å². The average Bonchev–Trinajstić information content (AvgIpc) is 3.07. The second-order valence-electron chi connectivity index (χ2n) is 17.7. The van der Waals surface area contributed by atoms with Crippen LogP contribution in [0.25, 0.3) is 0 Å². The Hall–Kier alpha value is -4.01. The van der Waals surface area contributed by atoms with Gasteiger partial charge in [0.15, 0.2) is 25.0 Å². The zero-order valence-electron chi connectivity index (χ0n) is 37.2. The minimum absolute atomic E-state index is 0.126. The quantitative estimate of drug-likeness (QED) is 0.103. The Morgan fingerprint density at radius 2 is 1.00 bits per heavy atom. The van der Waals surface area contributed by atoms with Crippen LogP contribution in [0.3, 0.4) is 0 Å². The first-order valence-corrected chi connectivity index (χ1v) is 29.6. The molecule has 0 aromatic heterocycles. The van der Waals surface area contributed by atoms with E-state index in [1.54, 1.807) is 18.2 Å². The van der Waals surface area contributed by atoms with Gasteiger partial charge in [-0.25, -0.2) is 9.59 Å². The van der Waals surface area contributed by atoms with Crippen molar-refractivity contribution in [2.75, 3.05) is 6.67 Å². The third-order valence-corrected chi connectivity index (χ3v) is 17.2. The van der Waals surface area contributed by atoms with Crippen molar-refractivity contribution in [3.8, 4) is 11.5 Å². The highest BCUT2D eigenvalue weighted by atomic mass is 28.4. The third-order valence-electron chi connectivity index (χ3n) is 8.63. The van der Waals surface area contributed by atoms with Gasteiger partial charge in [-0.1, -0.05) is 84.9 Å². The number of carbonyl (C=O) groups excluding carboxylic acids is 2. The summed E-state index contributed by atoms with van der Waals surface area (Å²) in [4.78, 5) is 24.1. The van der Waals surface area contributed by atoms with E-state index in [9.17, 15) is 9.59 Å². The summed E-state index contributed by atoms with van der Waals surface area (Å²) in [7, 11) is -4.85. The molecule has 4 aromatic rings. The van der Waals surface area contributed by atoms with Crippen LogP contribution in [0.1, 0.15) is 60.6 Å². The van der Waals surface area contributed by atoms with Crippen molar-refractivity contribution in [3.05, 3.63) is 130 Å². The zero-order chi connectivity index (χ0) is 42.9. The van der Waals surface area contributed by atoms with Gasteiger partial charge in [-0.2, -0.15) is 0 Å². The van der Waals surface area contributed by atoms with E-state index in [4.69, 9.17) is 18.0 Å². The molecule has 0 fully saturated rings. The Balaban J connectivity index is 0.000000359. The molecule has 0 aliphatic heterocycles. The van der Waals surface area contributed by atoms with Crippen molar-refractivity contribution < 1.29 is 27.6 Å². The number of para-hydroxylation sites is 2. The van der Waals surface area contributed by atoms with E-state index in [2.05, 4.69) is 126 Å². The molecule has 0 spiro atoms. The number of hydrogen-bond acceptors (Lipinski definition) is 6. The second-order valence-corrected chi connectivity index (χ2v) is 30.8. The van der Waals surface area contributed by atoms with Crippen LogP contribution >= 0.6 is 0 Å². The molecular weight excluding hydrogens is 761 g/mol. The van der Waals surface area contributed by atoms with Crippen molar-refractivity contribution in [3.63, 3.8) is 0 Å². The van der Waals surface area contributed by atoms with Crippen molar-refractivity contribution in [1.29, 1.82) is 0 Å². The van der Waals surface area contributed by atoms with Gasteiger partial charge in [-0.3, -0.25) is 0 Å². The first kappa shape index (κ1) is 49.1. The lowest BCUT2D eigenvalue weighted by atomic mass is 10.1. The molecule has 4 aromatic carbocycles. The van der Waals surface area contributed by atoms with Crippen LogP contribution in [0.5, 0.6) is 11.5 Å². The standard InChI is InChI=1S/C23H32N2O5Si.C15H28OSi2.C8H10/c1-17-11-7-9-13-19(17)28-21(26)24-16-25-22(27)29-20-14-10-8-12-18(20)15-31(5,6)30-23(2,3)4;1-14-10-7-8-11-15(14)12-9-13-18(5,6)16-17(2,3)4;1-7-5-3-4-6-8(7)2/h7-14H,15-16H2,1-6H3,(H,24,26)(H,25,27);7-8,10-11H,9,12-13H2,1-6H3;3-6H,1-2H3. The van der Waals surface area contributed by atoms with Gasteiger partial charge in [0.05, 0.1) is 6.67 Å². The van der Waals surface area contributed by atoms with Gasteiger partial charge >= 0.3 is 12.2 Å². The number of carbonyl (C=O) groups is 2. The summed E-state index contributed by atoms with van der Waals surface area (Å²) in [6, 6.07) is 33.6. The first-order chi connectivity index (χ1) is 26.5. The monoisotopic (exact) mass is 830 g/mol. The van der Waals surface area contributed by atoms with Gasteiger partial charge in [0.25, 0.3) is 0 Å². The summed E-state index contributed by atoms with van der Waals surface area (Å²) in [6.45, 7) is 30.2. The molecule has 0 unspecified atom stereocenters. The van der Waals surface area contributed by atoms with E-state index in [1.807, 2.05) is 58.0 Å². The fourth-order valence-electron chi connectivity index (χ4n) is 6.34. The van der Waals surface area contributed by atoms with Gasteiger partial charge in [0.1, 0.15) is 11.5 Å². The highest BCUT2D eigenvalue weighted by Crippen LogP contribution is 2.26. The van der Waals surface area contributed by atoms with Crippen LogP contribution < -0.4 is 20.1 Å². The van der Waals surface area contributed by atoms with E-state index < -0.39 is 37.1 Å². The second kappa shape index (κ2) is 22.8. The van der Waals surface area contributed by atoms with Crippen LogP contribution in [0.2, 0.25) is 51.9 Å². The van der Waals surface area contributed by atoms with Crippen molar-refractivity contribution in [1.82, 2.24) is 10.6 Å². The average molecular weight is 831 g/mol. The molecule has 2 N–H and O–H groups in total. The molecule has 0 atom stereocenters. The Morgan fingerprint density at radius 3 is 1.47 bits per heavy atom. The molecule has 0 saturated heterocycles. The number of hydrogen-bond donors (Lipinski definition) is 2. The van der Waals surface area contributed by atoms with E-state index in [-0.39, 0.29) is 12.3 Å². The molecule has 0 saturated carbocycles. The fourth-order valence-corrected chi connectivity index (χ4v) is 17.3. The van der Waals surface area contributed by atoms with E-state index in [1.165, 1.54) is 41.1 Å². The number of rotatable bonds is 13. The van der Waals surface area contributed by atoms with E-state index >= 15 is 0 Å². The van der Waals surface area contributed by atoms with Crippen LogP contribution in [0.15, 0.2) is 97.1 Å². The maximum absolute atomic E-state index is 12.2. The smallest absolute Gasteiger partial charge is 0.414 e. The molecule has 0 aliphatic carbocycles. The minimum Gasteiger partial charge on any atom is -0.456 e. The number of nitrogens with one attached hydrogen (secondary N) is 2. The molecule has 0 aliphatic rings. The van der Waals surface area contributed by atoms with Crippen molar-refractivity contribution >= 4 is 37.1 Å². The Morgan fingerprint density at radius 1 is 0.561 bits per heavy atom. The van der Waals surface area contributed by atoms with Crippen LogP contribution in [-0.2, 0) is 21.0 Å². The first-order valence-electron chi connectivity index (χ1n) is 20.0. The maximum atomic E-state index is 12.2. The van der Waals surface area contributed by atoms with Crippen molar-refractivity contribution in [2.45, 2.75) is 125 Å². The molecule has 0 bridgehead atoms. The molecule has 2 amide bonds. The summed E-state index contributed by atoms with van der Waals surface area (Å²) < 4.78 is 23.3. The highest BCUT2D eigenvalue weighted by Gasteiger charge is 2.31. The number of amides is 2. The minimum atomic E-state index is -2.03. The molecule has 8 nitrogen and oxygen atoms in total. The number of ether oxygens (including phenoxy) is 2. The molecule has 0 radical (unpaired) electrons. The summed E-state index contributed by atoms with van der Waals surface area (Å²) in [5.41, 5.74) is 7.16. The van der Waals surface area contributed by atoms with Crippen molar-refractivity contribution in [2.24, 2.45) is 0 Å². The van der Waals surface area contributed by atoms with Gasteiger partial charge < -0.3 is 28.6 Å². The fraction of sp³-hybridized carbons (Fsp3) is 0.435. The Bertz CT molecular complexity index is 1830. The molecule has 57 heavy (non-hydrogen) atoms. The summed E-state index contributed by atoms with van der Waals surface area (Å²) in [5, 5.41) is 4.97. The largest absolute Gasteiger partial charge is 0.456 e. The van der Waals surface area contributed by atoms with Gasteiger partial charge in [0.2, 0.25) is 0 Å². The van der Waals surface area contributed by atoms with Gasteiger partial charge in [0, 0.05) is 5.60 Å². The lowest BCUT2D eigenvalue weighted by Gasteiger charge is -2.32. The SMILES string of the molecule is Cc1ccccc1C.Cc1ccccc1CCC[Si](C)(C)O[Si](C)(C)C.Cc1ccccc1OC(=O)NCNC(=O)Oc1ccccc1C[Si](C)(C)OC(C)(C)C. The van der Waals surface area contributed by atoms with E-state index in [0.29, 0.717) is 17.5 Å². The number of aryl methyl sites for hydroxylation is 5.